The molecular formula is C18H30N2O2S. The molecule has 0 aromatic heterocycles. The number of benzene rings is 1. The van der Waals surface area contributed by atoms with Crippen molar-refractivity contribution in [1.82, 2.24) is 5.32 Å². The Bertz CT molecular complexity index is 524. The number of hydrogen-bond acceptors (Lipinski definition) is 2. The predicted octanol–water partition coefficient (Wildman–Crippen LogP) is 4.44. The molecule has 0 spiro atoms. The van der Waals surface area contributed by atoms with Crippen LogP contribution in [0.25, 0.3) is 0 Å². The number of urea groups is 1. The van der Waals surface area contributed by atoms with Crippen LogP contribution in [-0.2, 0) is 16.6 Å². The molecule has 23 heavy (non-hydrogen) atoms. The molecule has 1 rings (SSSR count). The summed E-state index contributed by atoms with van der Waals surface area (Å²) in [5, 5.41) is 5.70. The second-order valence-corrected chi connectivity index (χ2v) is 8.95. The van der Waals surface area contributed by atoms with Gasteiger partial charge >= 0.3 is 6.03 Å². The molecule has 0 bridgehead atoms. The minimum Gasteiger partial charge on any atom is -0.338 e. The fraction of sp³-hybridized carbons (Fsp3) is 0.611. The van der Waals surface area contributed by atoms with Gasteiger partial charge in [0.2, 0.25) is 0 Å². The SMILES string of the molecule is CCCCCCNC(=O)Nc1cccc(CS(=O)C(C)(C)C)c1. The lowest BCUT2D eigenvalue weighted by Crippen LogP contribution is -2.29. The first-order valence-corrected chi connectivity index (χ1v) is 9.67. The summed E-state index contributed by atoms with van der Waals surface area (Å²) >= 11 is 0. The van der Waals surface area contributed by atoms with E-state index in [1.54, 1.807) is 0 Å². The van der Waals surface area contributed by atoms with E-state index in [0.29, 0.717) is 12.3 Å². The van der Waals surface area contributed by atoms with Gasteiger partial charge in [-0.05, 0) is 44.9 Å². The summed E-state index contributed by atoms with van der Waals surface area (Å²) in [7, 11) is -0.946. The molecule has 1 aromatic carbocycles. The maximum Gasteiger partial charge on any atom is 0.319 e. The number of rotatable bonds is 8. The van der Waals surface area contributed by atoms with Crippen LogP contribution in [0, 0.1) is 0 Å². The number of nitrogens with one attached hydrogen (secondary N) is 2. The van der Waals surface area contributed by atoms with Crippen LogP contribution in [0.1, 0.15) is 58.9 Å². The number of hydrogen-bond donors (Lipinski definition) is 2. The smallest absolute Gasteiger partial charge is 0.319 e. The number of anilines is 1. The molecule has 0 aliphatic heterocycles. The van der Waals surface area contributed by atoms with Gasteiger partial charge < -0.3 is 10.6 Å². The Hall–Kier alpha value is -1.36. The maximum absolute atomic E-state index is 12.2. The van der Waals surface area contributed by atoms with Gasteiger partial charge in [-0.25, -0.2) is 4.79 Å². The standard InChI is InChI=1S/C18H30N2O2S/c1-5-6-7-8-12-19-17(21)20-16-11-9-10-15(13-16)14-23(22)18(2,3)4/h9-11,13H,5-8,12,14H2,1-4H3,(H2,19,20,21). The normalized spacial score (nSPS) is 12.7. The highest BCUT2D eigenvalue weighted by Gasteiger charge is 2.19. The molecule has 1 atom stereocenters. The van der Waals surface area contributed by atoms with Crippen molar-refractivity contribution < 1.29 is 9.00 Å². The quantitative estimate of drug-likeness (QED) is 0.689. The van der Waals surface area contributed by atoms with Crippen LogP contribution in [0.15, 0.2) is 24.3 Å². The number of carbonyl (C=O) groups is 1. The molecule has 5 heteroatoms. The average molecular weight is 339 g/mol. The fourth-order valence-electron chi connectivity index (χ4n) is 2.04. The zero-order valence-corrected chi connectivity index (χ0v) is 15.6. The molecule has 0 radical (unpaired) electrons. The molecule has 4 nitrogen and oxygen atoms in total. The highest BCUT2D eigenvalue weighted by molar-refractivity contribution is 7.85. The van der Waals surface area contributed by atoms with Crippen molar-refractivity contribution >= 4 is 22.5 Å². The third-order valence-electron chi connectivity index (χ3n) is 3.48. The molecule has 2 N–H and O–H groups in total. The molecule has 0 fully saturated rings. The largest absolute Gasteiger partial charge is 0.338 e. The van der Waals surface area contributed by atoms with Crippen LogP contribution in [0.5, 0.6) is 0 Å². The Morgan fingerprint density at radius 2 is 1.91 bits per heavy atom. The highest BCUT2D eigenvalue weighted by Crippen LogP contribution is 2.18. The van der Waals surface area contributed by atoms with E-state index in [9.17, 15) is 9.00 Å². The third kappa shape index (κ3) is 8.16. The van der Waals surface area contributed by atoms with Gasteiger partial charge in [0.25, 0.3) is 0 Å². The Kier molecular flexibility index (Phi) is 8.31. The van der Waals surface area contributed by atoms with E-state index < -0.39 is 10.8 Å². The molecule has 130 valence electrons. The Balaban J connectivity index is 2.47. The van der Waals surface area contributed by atoms with Gasteiger partial charge in [0.15, 0.2) is 0 Å². The molecule has 1 aromatic rings. The summed E-state index contributed by atoms with van der Waals surface area (Å²) in [6.07, 6.45) is 4.54. The molecule has 0 aliphatic carbocycles. The summed E-state index contributed by atoms with van der Waals surface area (Å²) in [6.45, 7) is 8.77. The lowest BCUT2D eigenvalue weighted by atomic mass is 10.2. The minimum atomic E-state index is -0.946. The first-order valence-electron chi connectivity index (χ1n) is 8.35. The van der Waals surface area contributed by atoms with Crippen molar-refractivity contribution in [2.45, 2.75) is 63.9 Å². The molecule has 2 amide bonds. The zero-order chi connectivity index (χ0) is 17.3. The molecule has 0 saturated heterocycles. The molecule has 0 aliphatic rings. The summed E-state index contributed by atoms with van der Waals surface area (Å²) in [4.78, 5) is 11.9. The second-order valence-electron chi connectivity index (χ2n) is 6.74. The van der Waals surface area contributed by atoms with Crippen LogP contribution in [-0.4, -0.2) is 21.5 Å². The van der Waals surface area contributed by atoms with E-state index in [2.05, 4.69) is 17.6 Å². The van der Waals surface area contributed by atoms with Gasteiger partial charge in [-0.2, -0.15) is 0 Å². The Labute approximate surface area is 142 Å². The van der Waals surface area contributed by atoms with Crippen molar-refractivity contribution in [2.24, 2.45) is 0 Å². The second kappa shape index (κ2) is 9.71. The van der Waals surface area contributed by atoms with Gasteiger partial charge in [-0.15, -0.1) is 0 Å². The number of amides is 2. The van der Waals surface area contributed by atoms with E-state index in [1.807, 2.05) is 45.0 Å². The van der Waals surface area contributed by atoms with Crippen LogP contribution in [0.3, 0.4) is 0 Å². The summed E-state index contributed by atoms with van der Waals surface area (Å²) < 4.78 is 12.0. The predicted molar refractivity (Wildman–Crippen MR) is 99.2 cm³/mol. The number of unbranched alkanes of at least 4 members (excludes halogenated alkanes) is 3. The van der Waals surface area contributed by atoms with Crippen molar-refractivity contribution in [3.8, 4) is 0 Å². The van der Waals surface area contributed by atoms with Gasteiger partial charge in [-0.3, -0.25) is 4.21 Å². The van der Waals surface area contributed by atoms with Crippen molar-refractivity contribution in [1.29, 1.82) is 0 Å². The van der Waals surface area contributed by atoms with E-state index in [1.165, 1.54) is 12.8 Å². The average Bonchev–Trinajstić information content (AvgIpc) is 2.46. The van der Waals surface area contributed by atoms with Crippen LogP contribution in [0.4, 0.5) is 10.5 Å². The van der Waals surface area contributed by atoms with Gasteiger partial charge in [0.05, 0.1) is 0 Å². The van der Waals surface area contributed by atoms with Gasteiger partial charge in [0.1, 0.15) is 0 Å². The Morgan fingerprint density at radius 3 is 2.57 bits per heavy atom. The third-order valence-corrected chi connectivity index (χ3v) is 5.44. The molecule has 0 saturated carbocycles. The monoisotopic (exact) mass is 338 g/mol. The topological polar surface area (TPSA) is 58.2 Å². The molecular weight excluding hydrogens is 308 g/mol. The molecule has 0 heterocycles. The minimum absolute atomic E-state index is 0.185. The van der Waals surface area contributed by atoms with Crippen LogP contribution in [0.2, 0.25) is 0 Å². The fourth-order valence-corrected chi connectivity index (χ4v) is 2.95. The van der Waals surface area contributed by atoms with Crippen molar-refractivity contribution in [3.05, 3.63) is 29.8 Å². The molecule has 1 unspecified atom stereocenters. The Morgan fingerprint density at radius 1 is 1.17 bits per heavy atom. The van der Waals surface area contributed by atoms with E-state index in [0.717, 1.165) is 24.1 Å². The van der Waals surface area contributed by atoms with Gasteiger partial charge in [0, 0.05) is 33.5 Å². The van der Waals surface area contributed by atoms with E-state index >= 15 is 0 Å². The highest BCUT2D eigenvalue weighted by atomic mass is 32.2. The summed E-state index contributed by atoms with van der Waals surface area (Å²) in [6, 6.07) is 7.37. The lowest BCUT2D eigenvalue weighted by molar-refractivity contribution is 0.252. The first-order chi connectivity index (χ1) is 10.8. The zero-order valence-electron chi connectivity index (χ0n) is 14.8. The van der Waals surface area contributed by atoms with E-state index in [-0.39, 0.29) is 10.8 Å². The summed E-state index contributed by atoms with van der Waals surface area (Å²) in [5.41, 5.74) is 1.71. The first kappa shape index (κ1) is 19.7. The van der Waals surface area contributed by atoms with Crippen molar-refractivity contribution in [2.75, 3.05) is 11.9 Å². The lowest BCUT2D eigenvalue weighted by Gasteiger charge is -2.18. The van der Waals surface area contributed by atoms with Crippen LogP contribution < -0.4 is 10.6 Å². The van der Waals surface area contributed by atoms with E-state index in [4.69, 9.17) is 0 Å². The van der Waals surface area contributed by atoms with Crippen LogP contribution >= 0.6 is 0 Å². The summed E-state index contributed by atoms with van der Waals surface area (Å²) in [5.74, 6) is 0.498. The number of carbonyl (C=O) groups excluding carboxylic acids is 1. The maximum atomic E-state index is 12.2. The van der Waals surface area contributed by atoms with Gasteiger partial charge in [-0.1, -0.05) is 38.3 Å². The van der Waals surface area contributed by atoms with Crippen molar-refractivity contribution in [3.63, 3.8) is 0 Å².